The Labute approximate surface area is 274 Å². The number of phenols is 1. The molecule has 0 unspecified atom stereocenters. The molecule has 2 fully saturated rings. The van der Waals surface area contributed by atoms with E-state index in [1.165, 1.54) is 19.2 Å². The fourth-order valence-corrected chi connectivity index (χ4v) is 7.47. The van der Waals surface area contributed by atoms with Crippen molar-refractivity contribution >= 4 is 64.3 Å². The first-order valence-electron chi connectivity index (χ1n) is 14.7. The number of rotatable bonds is 9. The molecule has 1 aliphatic carbocycles. The number of nitrogens with zero attached hydrogens (tertiary/aromatic N) is 2. The van der Waals surface area contributed by atoms with Gasteiger partial charge in [-0.15, -0.1) is 0 Å². The average Bonchev–Trinajstić information content (AvgIpc) is 3.58. The quantitative estimate of drug-likeness (QED) is 0.113. The van der Waals surface area contributed by atoms with Gasteiger partial charge in [-0.25, -0.2) is 0 Å². The predicted octanol–water partition coefficient (Wildman–Crippen LogP) is 2.91. The lowest BCUT2D eigenvalue weighted by Crippen LogP contribution is -2.35. The minimum atomic E-state index is -1.73. The third kappa shape index (κ3) is 5.92. The van der Waals surface area contributed by atoms with Crippen LogP contribution < -0.4 is 15.1 Å². The smallest absolute Gasteiger partial charge is 0.488 e. The van der Waals surface area contributed by atoms with Gasteiger partial charge in [-0.3, -0.25) is 19.5 Å². The summed E-state index contributed by atoms with van der Waals surface area (Å²) in [7, 11) is -0.228. The number of fused-ring (bicyclic) bond motifs is 3. The summed E-state index contributed by atoms with van der Waals surface area (Å²) in [5.74, 6) is -1.87. The summed E-state index contributed by atoms with van der Waals surface area (Å²) >= 11 is 2.06. The molecule has 0 bridgehead atoms. The van der Waals surface area contributed by atoms with Gasteiger partial charge in [0, 0.05) is 12.1 Å². The standard InChI is InChI=1S/C33H32BIN2O8/c1-44-28-13-18(12-25(35)31(28)39)11-19(26-7-2-3-10-36-26)8-9-27-29-20(16-38)14-23-30(24(29)17-45-27)33(41)37(32(23)40)22-6-4-5-21(15-22)34(42)43/h2-7,10-13,15,23-24,27,30,38-39,42-43H,8-9,14,16-17H2,1H3/b19-11-/t23-,24+,27-,30-/m1/s1. The van der Waals surface area contributed by atoms with Crippen LogP contribution in [0.5, 0.6) is 11.5 Å². The van der Waals surface area contributed by atoms with E-state index < -0.39 is 19.0 Å². The first-order chi connectivity index (χ1) is 21.7. The van der Waals surface area contributed by atoms with Crippen LogP contribution >= 0.6 is 22.6 Å². The Morgan fingerprint density at radius 3 is 2.67 bits per heavy atom. The van der Waals surface area contributed by atoms with Gasteiger partial charge in [-0.2, -0.15) is 0 Å². The number of hydrogen-bond acceptors (Lipinski definition) is 9. The van der Waals surface area contributed by atoms with Gasteiger partial charge >= 0.3 is 7.12 Å². The second kappa shape index (κ2) is 13.0. The summed E-state index contributed by atoms with van der Waals surface area (Å²) in [6.45, 7) is 0.0140. The SMILES string of the molecule is COc1cc(/C=C(/CC[C@H]2OC[C@H]3C2=C(CO)C[C@H]2C(=O)N(c4cccc(B(O)O)c4)C(=O)[C@H]23)c2ccccn2)cc(I)c1O. The highest BCUT2D eigenvalue weighted by Gasteiger charge is 2.57. The average molecular weight is 722 g/mol. The van der Waals surface area contributed by atoms with Crippen LogP contribution in [0.15, 0.2) is 71.9 Å². The maximum atomic E-state index is 13.8. The zero-order valence-electron chi connectivity index (χ0n) is 24.5. The molecule has 2 aromatic carbocycles. The van der Waals surface area contributed by atoms with E-state index in [1.807, 2.05) is 30.3 Å². The lowest BCUT2D eigenvalue weighted by Gasteiger charge is -2.31. The van der Waals surface area contributed by atoms with E-state index >= 15 is 0 Å². The zero-order chi connectivity index (χ0) is 31.8. The van der Waals surface area contributed by atoms with Crippen LogP contribution in [0.3, 0.4) is 0 Å². The van der Waals surface area contributed by atoms with Crippen molar-refractivity contribution in [3.63, 3.8) is 0 Å². The van der Waals surface area contributed by atoms with Gasteiger partial charge < -0.3 is 29.7 Å². The molecule has 3 heterocycles. The lowest BCUT2D eigenvalue weighted by molar-refractivity contribution is -0.122. The number of ether oxygens (including phenoxy) is 2. The molecule has 10 nitrogen and oxygen atoms in total. The summed E-state index contributed by atoms with van der Waals surface area (Å²) < 4.78 is 12.3. The van der Waals surface area contributed by atoms with E-state index in [0.717, 1.165) is 32.9 Å². The largest absolute Gasteiger partial charge is 0.504 e. The number of methoxy groups -OCH3 is 1. The number of aromatic nitrogens is 1. The minimum absolute atomic E-state index is 0.0799. The zero-order valence-corrected chi connectivity index (χ0v) is 26.6. The van der Waals surface area contributed by atoms with Gasteiger partial charge in [0.15, 0.2) is 11.5 Å². The molecular formula is C33H32BIN2O8. The first kappa shape index (κ1) is 31.4. The Kier molecular flexibility index (Phi) is 9.11. The molecule has 1 aromatic heterocycles. The topological polar surface area (TPSA) is 150 Å². The number of allylic oxidation sites excluding steroid dienone is 1. The lowest BCUT2D eigenvalue weighted by atomic mass is 9.69. The highest BCUT2D eigenvalue weighted by atomic mass is 127. The van der Waals surface area contributed by atoms with Crippen LogP contribution in [0.2, 0.25) is 0 Å². The maximum Gasteiger partial charge on any atom is 0.488 e. The number of anilines is 1. The predicted molar refractivity (Wildman–Crippen MR) is 176 cm³/mol. The van der Waals surface area contributed by atoms with Gasteiger partial charge in [0.2, 0.25) is 11.8 Å². The van der Waals surface area contributed by atoms with Gasteiger partial charge in [0.05, 0.1) is 53.2 Å². The van der Waals surface area contributed by atoms with Crippen molar-refractivity contribution in [1.82, 2.24) is 4.98 Å². The van der Waals surface area contributed by atoms with Crippen molar-refractivity contribution in [3.05, 3.63) is 86.8 Å². The summed E-state index contributed by atoms with van der Waals surface area (Å²) in [6, 6.07) is 15.4. The number of imide groups is 1. The molecule has 2 amide bonds. The third-order valence-electron chi connectivity index (χ3n) is 8.91. The molecule has 2 saturated heterocycles. The van der Waals surface area contributed by atoms with Crippen LogP contribution in [0.1, 0.15) is 30.5 Å². The summed E-state index contributed by atoms with van der Waals surface area (Å²) in [5, 5.41) is 40.0. The highest BCUT2D eigenvalue weighted by molar-refractivity contribution is 14.1. The number of amides is 2. The van der Waals surface area contributed by atoms with Gasteiger partial charge in [-0.05, 0) is 112 Å². The fourth-order valence-electron chi connectivity index (χ4n) is 6.85. The summed E-state index contributed by atoms with van der Waals surface area (Å²) in [6.07, 6.45) is 4.76. The number of carbonyl (C=O) groups excluding carboxylic acids is 2. The van der Waals surface area contributed by atoms with Crippen molar-refractivity contribution < 1.29 is 39.3 Å². The number of halogens is 1. The number of carbonyl (C=O) groups is 2. The summed E-state index contributed by atoms with van der Waals surface area (Å²) in [5.41, 5.74) is 4.66. The van der Waals surface area contributed by atoms with E-state index in [-0.39, 0.29) is 54.7 Å². The van der Waals surface area contributed by atoms with Crippen molar-refractivity contribution in [2.45, 2.75) is 25.4 Å². The molecular weight excluding hydrogens is 690 g/mol. The van der Waals surface area contributed by atoms with Gasteiger partial charge in [0.1, 0.15) is 0 Å². The van der Waals surface area contributed by atoms with E-state index in [0.29, 0.717) is 27.8 Å². The maximum absolute atomic E-state index is 13.8. The van der Waals surface area contributed by atoms with Gasteiger partial charge in [-0.1, -0.05) is 18.2 Å². The van der Waals surface area contributed by atoms with Crippen LogP contribution in [0.25, 0.3) is 11.6 Å². The van der Waals surface area contributed by atoms with Crippen molar-refractivity contribution in [2.75, 3.05) is 25.2 Å². The number of pyridine rings is 1. The number of aromatic hydroxyl groups is 1. The first-order valence-corrected chi connectivity index (χ1v) is 15.8. The van der Waals surface area contributed by atoms with Crippen LogP contribution in [0, 0.1) is 21.3 Å². The van der Waals surface area contributed by atoms with Crippen molar-refractivity contribution in [1.29, 1.82) is 0 Å². The van der Waals surface area contributed by atoms with Crippen LogP contribution in [-0.4, -0.2) is 70.6 Å². The Balaban J connectivity index is 1.27. The van der Waals surface area contributed by atoms with Crippen LogP contribution in [0.4, 0.5) is 5.69 Å². The molecule has 4 atom stereocenters. The molecule has 3 aromatic rings. The summed E-state index contributed by atoms with van der Waals surface area (Å²) in [4.78, 5) is 33.1. The van der Waals surface area contributed by atoms with E-state index in [4.69, 9.17) is 9.47 Å². The molecule has 12 heteroatoms. The van der Waals surface area contributed by atoms with Crippen LogP contribution in [-0.2, 0) is 14.3 Å². The molecule has 45 heavy (non-hydrogen) atoms. The van der Waals surface area contributed by atoms with Gasteiger partial charge in [0.25, 0.3) is 0 Å². The molecule has 2 aliphatic heterocycles. The molecule has 6 rings (SSSR count). The monoisotopic (exact) mass is 722 g/mol. The second-order valence-electron chi connectivity index (χ2n) is 11.4. The number of phenolic OH excluding ortho intramolecular Hbond substituents is 1. The number of aliphatic hydroxyl groups excluding tert-OH is 1. The van der Waals surface area contributed by atoms with Crippen molar-refractivity contribution in [3.8, 4) is 11.5 Å². The third-order valence-corrected chi connectivity index (χ3v) is 9.73. The molecule has 3 aliphatic rings. The number of aliphatic hydroxyl groups is 1. The molecule has 0 spiro atoms. The number of benzene rings is 2. The Morgan fingerprint density at radius 2 is 1.96 bits per heavy atom. The molecule has 232 valence electrons. The second-order valence-corrected chi connectivity index (χ2v) is 12.6. The molecule has 0 radical (unpaired) electrons. The highest BCUT2D eigenvalue weighted by Crippen LogP contribution is 2.50. The van der Waals surface area contributed by atoms with E-state index in [9.17, 15) is 29.9 Å². The van der Waals surface area contributed by atoms with E-state index in [1.54, 1.807) is 24.4 Å². The molecule has 0 saturated carbocycles. The minimum Gasteiger partial charge on any atom is -0.504 e. The Morgan fingerprint density at radius 1 is 1.13 bits per heavy atom. The van der Waals surface area contributed by atoms with E-state index in [2.05, 4.69) is 27.6 Å². The fraction of sp³-hybridized carbons (Fsp3) is 0.303. The normalized spacial score (nSPS) is 23.0. The Bertz CT molecular complexity index is 1700. The Hall–Kier alpha value is -3.56. The van der Waals surface area contributed by atoms with Crippen molar-refractivity contribution in [2.24, 2.45) is 17.8 Å². The number of hydrogen-bond donors (Lipinski definition) is 4. The molecule has 4 N–H and O–H groups in total.